The molecule has 0 saturated heterocycles. The van der Waals surface area contributed by atoms with Gasteiger partial charge in [0.2, 0.25) is 0 Å². The van der Waals surface area contributed by atoms with Crippen molar-refractivity contribution in [1.29, 1.82) is 0 Å². The molecule has 0 rings (SSSR count). The molecule has 2 heteroatoms. The molecule has 1 nitrogen and oxygen atoms in total. The molecule has 0 aliphatic heterocycles. The molecule has 10 heavy (non-hydrogen) atoms. The van der Waals surface area contributed by atoms with E-state index < -0.39 is 0 Å². The summed E-state index contributed by atoms with van der Waals surface area (Å²) in [5.74, 6) is 0. The fourth-order valence-corrected chi connectivity index (χ4v) is 1.25. The summed E-state index contributed by atoms with van der Waals surface area (Å²) >= 11 is 0. The maximum absolute atomic E-state index is 10.1. The molecule has 1 atom stereocenters. The highest BCUT2D eigenvalue weighted by Gasteiger charge is 2.08. The predicted octanol–water partition coefficient (Wildman–Crippen LogP) is 3.23. The third-order valence-corrected chi connectivity index (χ3v) is 2.01. The Balaban J connectivity index is 3.12. The molecule has 0 bridgehead atoms. The van der Waals surface area contributed by atoms with Gasteiger partial charge in [-0.3, -0.25) is 0 Å². The maximum atomic E-state index is 10.1. The van der Waals surface area contributed by atoms with Crippen LogP contribution in [0.15, 0.2) is 0 Å². The fraction of sp³-hybridized carbons (Fsp3) is 1.00. The second kappa shape index (κ2) is 4.85. The first kappa shape index (κ1) is 10.1. The molecule has 0 aliphatic carbocycles. The van der Waals surface area contributed by atoms with Crippen LogP contribution in [0.4, 0.5) is 0 Å². The molecule has 0 aliphatic rings. The lowest BCUT2D eigenvalue weighted by atomic mass is 9.90. The van der Waals surface area contributed by atoms with Gasteiger partial charge in [0.1, 0.15) is 6.16 Å². The summed E-state index contributed by atoms with van der Waals surface area (Å²) in [5.41, 5.74) is 0.450. The van der Waals surface area contributed by atoms with E-state index in [1.165, 1.54) is 12.8 Å². The highest BCUT2D eigenvalue weighted by molar-refractivity contribution is 7.23. The third-order valence-electron chi connectivity index (χ3n) is 1.46. The molecule has 1 unspecified atom stereocenters. The first-order valence-electron chi connectivity index (χ1n) is 3.91. The summed E-state index contributed by atoms with van der Waals surface area (Å²) in [6.45, 7) is 6.73. The van der Waals surface area contributed by atoms with Crippen LogP contribution >= 0.6 is 8.46 Å². The number of rotatable bonds is 4. The van der Waals surface area contributed by atoms with Crippen LogP contribution < -0.4 is 0 Å². The SMILES string of the molecule is CC(C)(C)CCCC[PH+]=O. The second-order valence-electron chi connectivity index (χ2n) is 3.91. The Labute approximate surface area is 65.4 Å². The number of unbranched alkanes of at least 4 members (excludes halogenated alkanes) is 1. The van der Waals surface area contributed by atoms with Gasteiger partial charge in [-0.15, -0.1) is 0 Å². The smallest absolute Gasteiger partial charge is 0.0775 e. The van der Waals surface area contributed by atoms with E-state index in [1.54, 1.807) is 0 Å². The maximum Gasteiger partial charge on any atom is 0.324 e. The highest BCUT2D eigenvalue weighted by Crippen LogP contribution is 2.21. The largest absolute Gasteiger partial charge is 0.324 e. The monoisotopic (exact) mass is 161 g/mol. The van der Waals surface area contributed by atoms with E-state index in [0.29, 0.717) is 5.41 Å². The highest BCUT2D eigenvalue weighted by atomic mass is 31.1. The lowest BCUT2D eigenvalue weighted by molar-refractivity contribution is 0.364. The van der Waals surface area contributed by atoms with E-state index in [2.05, 4.69) is 20.8 Å². The topological polar surface area (TPSA) is 17.1 Å². The quantitative estimate of drug-likeness (QED) is 0.457. The molecule has 0 radical (unpaired) electrons. The van der Waals surface area contributed by atoms with Gasteiger partial charge in [-0.05, 0) is 24.7 Å². The lowest BCUT2D eigenvalue weighted by Gasteiger charge is -2.16. The molecular weight excluding hydrogens is 143 g/mol. The van der Waals surface area contributed by atoms with Crippen LogP contribution in [0, 0.1) is 5.41 Å². The summed E-state index contributed by atoms with van der Waals surface area (Å²) in [4.78, 5) is 0. The average Bonchev–Trinajstić information content (AvgIpc) is 1.78. The van der Waals surface area contributed by atoms with E-state index in [4.69, 9.17) is 0 Å². The molecule has 0 amide bonds. The minimum atomic E-state index is -0.0990. The zero-order valence-electron chi connectivity index (χ0n) is 7.24. The van der Waals surface area contributed by atoms with Crippen LogP contribution in [0.25, 0.3) is 0 Å². The predicted molar refractivity (Wildman–Crippen MR) is 47.2 cm³/mol. The molecule has 0 spiro atoms. The van der Waals surface area contributed by atoms with Crippen molar-refractivity contribution in [3.63, 3.8) is 0 Å². The van der Waals surface area contributed by atoms with Gasteiger partial charge in [-0.1, -0.05) is 25.3 Å². The fourth-order valence-electron chi connectivity index (χ4n) is 0.852. The summed E-state index contributed by atoms with van der Waals surface area (Å²) < 4.78 is 10.1. The van der Waals surface area contributed by atoms with Gasteiger partial charge >= 0.3 is 8.46 Å². The minimum absolute atomic E-state index is 0.0990. The van der Waals surface area contributed by atoms with Gasteiger partial charge in [-0.2, -0.15) is 0 Å². The molecule has 0 aromatic rings. The van der Waals surface area contributed by atoms with Crippen molar-refractivity contribution < 1.29 is 4.57 Å². The zero-order valence-corrected chi connectivity index (χ0v) is 8.24. The van der Waals surface area contributed by atoms with Gasteiger partial charge in [0.15, 0.2) is 0 Å². The van der Waals surface area contributed by atoms with Crippen molar-refractivity contribution in [3.05, 3.63) is 0 Å². The van der Waals surface area contributed by atoms with Crippen LogP contribution in [-0.2, 0) is 4.57 Å². The van der Waals surface area contributed by atoms with Crippen LogP contribution in [0.1, 0.15) is 40.0 Å². The first-order chi connectivity index (χ1) is 4.56. The van der Waals surface area contributed by atoms with Crippen LogP contribution in [0.5, 0.6) is 0 Å². The van der Waals surface area contributed by atoms with E-state index in [9.17, 15) is 4.57 Å². The van der Waals surface area contributed by atoms with Crippen LogP contribution in [0.2, 0.25) is 0 Å². The average molecular weight is 161 g/mol. The van der Waals surface area contributed by atoms with Crippen molar-refractivity contribution in [1.82, 2.24) is 0 Å². The van der Waals surface area contributed by atoms with Crippen molar-refractivity contribution in [2.45, 2.75) is 40.0 Å². The Hall–Kier alpha value is 0.100. The Morgan fingerprint density at radius 1 is 1.20 bits per heavy atom. The zero-order chi connectivity index (χ0) is 8.04. The molecule has 0 aromatic heterocycles. The minimum Gasteiger partial charge on any atom is -0.0775 e. The van der Waals surface area contributed by atoms with Gasteiger partial charge in [0.05, 0.1) is 0 Å². The Kier molecular flexibility index (Phi) is 4.89. The van der Waals surface area contributed by atoms with Crippen molar-refractivity contribution in [2.75, 3.05) is 6.16 Å². The molecule has 0 N–H and O–H groups in total. The molecule has 0 aromatic carbocycles. The molecule has 0 saturated carbocycles. The standard InChI is InChI=1S/C8H17OP/c1-8(2,3)6-4-5-7-10-9/h4-7H2,1-3H3/p+1. The van der Waals surface area contributed by atoms with Crippen LogP contribution in [-0.4, -0.2) is 6.16 Å². The summed E-state index contributed by atoms with van der Waals surface area (Å²) in [6, 6.07) is 0. The Bertz CT molecular complexity index is 93.9. The molecular formula is C8H18OP+. The molecule has 60 valence electrons. The van der Waals surface area contributed by atoms with Gasteiger partial charge in [-0.25, -0.2) is 0 Å². The normalized spacial score (nSPS) is 12.3. The third kappa shape index (κ3) is 8.10. The number of hydrogen-bond donors (Lipinski definition) is 0. The van der Waals surface area contributed by atoms with Crippen molar-refractivity contribution in [2.24, 2.45) is 5.41 Å². The second-order valence-corrected chi connectivity index (χ2v) is 4.70. The van der Waals surface area contributed by atoms with E-state index in [1.807, 2.05) is 0 Å². The summed E-state index contributed by atoms with van der Waals surface area (Å²) in [6.07, 6.45) is 4.48. The Morgan fingerprint density at radius 3 is 2.20 bits per heavy atom. The number of hydrogen-bond acceptors (Lipinski definition) is 1. The van der Waals surface area contributed by atoms with Gasteiger partial charge < -0.3 is 0 Å². The van der Waals surface area contributed by atoms with E-state index >= 15 is 0 Å². The Morgan fingerprint density at radius 2 is 1.80 bits per heavy atom. The lowest BCUT2D eigenvalue weighted by Crippen LogP contribution is -2.03. The van der Waals surface area contributed by atoms with E-state index in [0.717, 1.165) is 12.6 Å². The molecule has 0 heterocycles. The summed E-state index contributed by atoms with van der Waals surface area (Å²) in [7, 11) is -0.0990. The molecule has 0 fully saturated rings. The van der Waals surface area contributed by atoms with E-state index in [-0.39, 0.29) is 8.46 Å². The van der Waals surface area contributed by atoms with Crippen molar-refractivity contribution >= 4 is 8.46 Å². The van der Waals surface area contributed by atoms with Gasteiger partial charge in [0.25, 0.3) is 0 Å². The van der Waals surface area contributed by atoms with Crippen molar-refractivity contribution in [3.8, 4) is 0 Å². The first-order valence-corrected chi connectivity index (χ1v) is 5.03. The van der Waals surface area contributed by atoms with Gasteiger partial charge in [0, 0.05) is 0 Å². The van der Waals surface area contributed by atoms with Crippen LogP contribution in [0.3, 0.4) is 0 Å². The summed E-state index contributed by atoms with van der Waals surface area (Å²) in [5, 5.41) is 0.